The Balaban J connectivity index is 2.93. The minimum absolute atomic E-state index is 1.29. The van der Waals surface area contributed by atoms with Crippen molar-refractivity contribution in [3.63, 3.8) is 0 Å². The summed E-state index contributed by atoms with van der Waals surface area (Å²) in [5.41, 5.74) is 3.87. The van der Waals surface area contributed by atoms with Gasteiger partial charge in [-0.15, -0.1) is 0 Å². The van der Waals surface area contributed by atoms with E-state index in [4.69, 9.17) is 0 Å². The number of nitrogens with zero attached hydrogens (tertiary/aromatic N) is 2. The Kier molecular flexibility index (Phi) is 1.43. The first-order valence-electron chi connectivity index (χ1n) is 4.13. The standard InChI is InChI=1S/C10H13N2/c1-8-4-5-10-9(2)11(3)6-7-12(8)10/h4-7H,1-3H3/q+1. The van der Waals surface area contributed by atoms with Gasteiger partial charge in [-0.05, 0) is 19.1 Å². The van der Waals surface area contributed by atoms with Gasteiger partial charge >= 0.3 is 0 Å². The van der Waals surface area contributed by atoms with Crippen molar-refractivity contribution in [3.8, 4) is 0 Å². The maximum absolute atomic E-state index is 2.20. The fourth-order valence-electron chi connectivity index (χ4n) is 1.50. The number of hydrogen-bond donors (Lipinski definition) is 0. The largest absolute Gasteiger partial charge is 0.310 e. The van der Waals surface area contributed by atoms with Crippen LogP contribution in [0, 0.1) is 13.8 Å². The van der Waals surface area contributed by atoms with Crippen molar-refractivity contribution in [2.24, 2.45) is 7.05 Å². The van der Waals surface area contributed by atoms with Crippen molar-refractivity contribution in [3.05, 3.63) is 35.9 Å². The van der Waals surface area contributed by atoms with Crippen LogP contribution >= 0.6 is 0 Å². The molecule has 2 aromatic heterocycles. The maximum Gasteiger partial charge on any atom is 0.202 e. The lowest BCUT2D eigenvalue weighted by atomic mass is 10.4. The highest BCUT2D eigenvalue weighted by molar-refractivity contribution is 5.51. The first-order chi connectivity index (χ1) is 5.70. The maximum atomic E-state index is 2.20. The lowest BCUT2D eigenvalue weighted by Gasteiger charge is -1.98. The van der Waals surface area contributed by atoms with E-state index in [-0.39, 0.29) is 0 Å². The molecule has 0 saturated heterocycles. The van der Waals surface area contributed by atoms with Crippen LogP contribution in [0.2, 0.25) is 0 Å². The Labute approximate surface area is 72.1 Å². The topological polar surface area (TPSA) is 8.29 Å². The average Bonchev–Trinajstić information content (AvgIpc) is 2.41. The zero-order valence-electron chi connectivity index (χ0n) is 7.70. The van der Waals surface area contributed by atoms with Crippen LogP contribution in [0.1, 0.15) is 11.4 Å². The monoisotopic (exact) mass is 161 g/mol. The second kappa shape index (κ2) is 2.34. The first-order valence-corrected chi connectivity index (χ1v) is 4.13. The summed E-state index contributed by atoms with van der Waals surface area (Å²) in [6, 6.07) is 4.30. The summed E-state index contributed by atoms with van der Waals surface area (Å²) in [5.74, 6) is 0. The van der Waals surface area contributed by atoms with Gasteiger partial charge in [-0.2, -0.15) is 0 Å². The Morgan fingerprint density at radius 2 is 2.00 bits per heavy atom. The van der Waals surface area contributed by atoms with E-state index in [9.17, 15) is 0 Å². The third-order valence-corrected chi connectivity index (χ3v) is 2.46. The quantitative estimate of drug-likeness (QED) is 0.516. The van der Waals surface area contributed by atoms with E-state index >= 15 is 0 Å². The molecule has 2 rings (SSSR count). The van der Waals surface area contributed by atoms with Crippen LogP contribution in [0.25, 0.3) is 5.52 Å². The molecule has 2 heteroatoms. The molecule has 0 atom stereocenters. The highest BCUT2D eigenvalue weighted by Gasteiger charge is 2.07. The lowest BCUT2D eigenvalue weighted by molar-refractivity contribution is -0.676. The molecule has 0 saturated carbocycles. The van der Waals surface area contributed by atoms with Crippen LogP contribution in [-0.4, -0.2) is 4.40 Å². The molecule has 62 valence electrons. The molecule has 0 aliphatic rings. The van der Waals surface area contributed by atoms with Crippen LogP contribution in [-0.2, 0) is 7.05 Å². The van der Waals surface area contributed by atoms with Gasteiger partial charge in [0, 0.05) is 12.6 Å². The van der Waals surface area contributed by atoms with Crippen LogP contribution in [0.3, 0.4) is 0 Å². The van der Waals surface area contributed by atoms with E-state index in [1.54, 1.807) is 0 Å². The summed E-state index contributed by atoms with van der Waals surface area (Å²) < 4.78 is 4.34. The second-order valence-electron chi connectivity index (χ2n) is 3.22. The molecule has 0 unspecified atom stereocenters. The van der Waals surface area contributed by atoms with Crippen LogP contribution in [0.4, 0.5) is 0 Å². The predicted octanol–water partition coefficient (Wildman–Crippen LogP) is 1.38. The van der Waals surface area contributed by atoms with Gasteiger partial charge in [-0.25, -0.2) is 4.57 Å². The molecule has 0 aliphatic heterocycles. The summed E-state index contributed by atoms with van der Waals surface area (Å²) in [5, 5.41) is 0. The fourth-order valence-corrected chi connectivity index (χ4v) is 1.50. The molecule has 0 aliphatic carbocycles. The zero-order chi connectivity index (χ0) is 8.72. The molecule has 2 nitrogen and oxygen atoms in total. The Hall–Kier alpha value is -1.31. The molecular formula is C10H13N2+. The minimum Gasteiger partial charge on any atom is -0.310 e. The molecule has 0 radical (unpaired) electrons. The van der Waals surface area contributed by atoms with Gasteiger partial charge in [0.15, 0.2) is 6.20 Å². The smallest absolute Gasteiger partial charge is 0.202 e. The van der Waals surface area contributed by atoms with Crippen LogP contribution < -0.4 is 4.57 Å². The number of aryl methyl sites for hydroxylation is 3. The normalized spacial score (nSPS) is 10.9. The van der Waals surface area contributed by atoms with E-state index < -0.39 is 0 Å². The fraction of sp³-hybridized carbons (Fsp3) is 0.300. The number of aromatic nitrogens is 2. The number of rotatable bonds is 0. The summed E-state index contributed by atoms with van der Waals surface area (Å²) in [4.78, 5) is 0. The second-order valence-corrected chi connectivity index (χ2v) is 3.22. The van der Waals surface area contributed by atoms with Gasteiger partial charge in [0.2, 0.25) is 5.69 Å². The van der Waals surface area contributed by atoms with Crippen molar-refractivity contribution < 1.29 is 4.57 Å². The zero-order valence-corrected chi connectivity index (χ0v) is 7.70. The third-order valence-electron chi connectivity index (χ3n) is 2.46. The van der Waals surface area contributed by atoms with Gasteiger partial charge < -0.3 is 4.40 Å². The summed E-state index contributed by atoms with van der Waals surface area (Å²) >= 11 is 0. The molecule has 0 spiro atoms. The Morgan fingerprint density at radius 1 is 1.25 bits per heavy atom. The van der Waals surface area contributed by atoms with Gasteiger partial charge in [0.1, 0.15) is 12.6 Å². The highest BCUT2D eigenvalue weighted by Crippen LogP contribution is 2.09. The molecule has 0 bridgehead atoms. The summed E-state index contributed by atoms with van der Waals surface area (Å²) in [6.45, 7) is 4.25. The SMILES string of the molecule is Cc1ccc2c(C)[n+](C)ccn12. The molecule has 0 fully saturated rings. The molecule has 2 aromatic rings. The van der Waals surface area contributed by atoms with E-state index in [1.165, 1.54) is 16.9 Å². The van der Waals surface area contributed by atoms with Crippen molar-refractivity contribution in [1.29, 1.82) is 0 Å². The minimum atomic E-state index is 1.29. The van der Waals surface area contributed by atoms with Crippen LogP contribution in [0.15, 0.2) is 24.5 Å². The van der Waals surface area contributed by atoms with E-state index in [0.717, 1.165) is 0 Å². The number of hydrogen-bond acceptors (Lipinski definition) is 0. The Bertz CT molecular complexity index is 427. The summed E-state index contributed by atoms with van der Waals surface area (Å²) in [7, 11) is 2.07. The lowest BCUT2D eigenvalue weighted by Crippen LogP contribution is -2.31. The first kappa shape index (κ1) is 7.35. The van der Waals surface area contributed by atoms with Crippen LogP contribution in [0.5, 0.6) is 0 Å². The van der Waals surface area contributed by atoms with Gasteiger partial charge in [-0.3, -0.25) is 0 Å². The number of fused-ring (bicyclic) bond motifs is 1. The predicted molar refractivity (Wildman–Crippen MR) is 48.0 cm³/mol. The summed E-state index contributed by atoms with van der Waals surface area (Å²) in [6.07, 6.45) is 4.17. The van der Waals surface area contributed by atoms with E-state index in [1.807, 2.05) is 0 Å². The molecule has 0 amide bonds. The third kappa shape index (κ3) is 0.843. The average molecular weight is 161 g/mol. The molecule has 12 heavy (non-hydrogen) atoms. The Morgan fingerprint density at radius 3 is 2.75 bits per heavy atom. The van der Waals surface area contributed by atoms with Crippen molar-refractivity contribution in [1.82, 2.24) is 4.40 Å². The molecular weight excluding hydrogens is 148 g/mol. The van der Waals surface area contributed by atoms with E-state index in [0.29, 0.717) is 0 Å². The highest BCUT2D eigenvalue weighted by atomic mass is 15.0. The van der Waals surface area contributed by atoms with Gasteiger partial charge in [-0.1, -0.05) is 0 Å². The van der Waals surface area contributed by atoms with Crippen molar-refractivity contribution >= 4 is 5.52 Å². The van der Waals surface area contributed by atoms with Gasteiger partial charge in [0.25, 0.3) is 0 Å². The molecule has 2 heterocycles. The molecule has 0 aromatic carbocycles. The van der Waals surface area contributed by atoms with Crippen molar-refractivity contribution in [2.45, 2.75) is 13.8 Å². The molecule has 0 N–H and O–H groups in total. The van der Waals surface area contributed by atoms with Gasteiger partial charge in [0.05, 0.1) is 6.20 Å². The van der Waals surface area contributed by atoms with Crippen molar-refractivity contribution in [2.75, 3.05) is 0 Å². The van der Waals surface area contributed by atoms with E-state index in [2.05, 4.69) is 54.4 Å².